The number of benzene rings is 1. The minimum absolute atomic E-state index is 0.307. The molecule has 90 valence electrons. The number of nitrogens with zero attached hydrogens (tertiary/aromatic N) is 1. The summed E-state index contributed by atoms with van der Waals surface area (Å²) in [7, 11) is -3.16. The van der Waals surface area contributed by atoms with E-state index in [2.05, 4.69) is 15.3 Å². The molecule has 0 unspecified atom stereocenters. The molecule has 1 aromatic heterocycles. The van der Waals surface area contributed by atoms with Crippen molar-refractivity contribution in [1.29, 1.82) is 0 Å². The van der Waals surface area contributed by atoms with Crippen LogP contribution in [0.25, 0.3) is 0 Å². The minimum Gasteiger partial charge on any atom is -0.378 e. The number of hydrogen-bond donors (Lipinski definition) is 2. The zero-order valence-corrected chi connectivity index (χ0v) is 10.2. The Morgan fingerprint density at radius 2 is 2.24 bits per heavy atom. The molecule has 17 heavy (non-hydrogen) atoms. The van der Waals surface area contributed by atoms with Crippen LogP contribution in [-0.2, 0) is 16.4 Å². The second-order valence-corrected chi connectivity index (χ2v) is 5.71. The fourth-order valence-electron chi connectivity index (χ4n) is 1.42. The number of hydrogen-bond acceptors (Lipinski definition) is 4. The second-order valence-electron chi connectivity index (χ2n) is 3.69. The standard InChI is InChI=1S/C11H13N3O2S/c1-17(15,16)10-4-2-3-9(7-10)14-8-11-12-5-6-13-11/h2-7,14H,8H2,1H3,(H,12,13). The van der Waals surface area contributed by atoms with Gasteiger partial charge in [0.25, 0.3) is 0 Å². The van der Waals surface area contributed by atoms with Crippen LogP contribution in [0.3, 0.4) is 0 Å². The summed E-state index contributed by atoms with van der Waals surface area (Å²) in [5.74, 6) is 0.801. The van der Waals surface area contributed by atoms with E-state index in [-0.39, 0.29) is 0 Å². The number of imidazole rings is 1. The van der Waals surface area contributed by atoms with Crippen molar-refractivity contribution in [2.24, 2.45) is 0 Å². The van der Waals surface area contributed by atoms with E-state index < -0.39 is 9.84 Å². The van der Waals surface area contributed by atoms with E-state index in [1.165, 1.54) is 6.26 Å². The number of H-pyrrole nitrogens is 1. The summed E-state index contributed by atoms with van der Waals surface area (Å²) in [5.41, 5.74) is 0.754. The van der Waals surface area contributed by atoms with Gasteiger partial charge in [0.2, 0.25) is 0 Å². The van der Waals surface area contributed by atoms with E-state index in [0.717, 1.165) is 11.5 Å². The van der Waals surface area contributed by atoms with Crippen LogP contribution in [0.2, 0.25) is 0 Å². The van der Waals surface area contributed by atoms with Gasteiger partial charge in [0.05, 0.1) is 11.4 Å². The van der Waals surface area contributed by atoms with E-state index in [1.54, 1.807) is 30.6 Å². The molecule has 2 aromatic rings. The Labute approximate surface area is 99.8 Å². The molecule has 0 saturated heterocycles. The molecular weight excluding hydrogens is 238 g/mol. The molecular formula is C11H13N3O2S. The smallest absolute Gasteiger partial charge is 0.175 e. The molecule has 6 heteroatoms. The number of aromatic amines is 1. The van der Waals surface area contributed by atoms with E-state index in [1.807, 2.05) is 6.07 Å². The first-order chi connectivity index (χ1) is 8.05. The van der Waals surface area contributed by atoms with Gasteiger partial charge >= 0.3 is 0 Å². The Kier molecular flexibility index (Phi) is 3.14. The van der Waals surface area contributed by atoms with Gasteiger partial charge in [0.1, 0.15) is 5.82 Å². The van der Waals surface area contributed by atoms with Crippen LogP contribution < -0.4 is 5.32 Å². The lowest BCUT2D eigenvalue weighted by atomic mass is 10.3. The quantitative estimate of drug-likeness (QED) is 0.862. The fourth-order valence-corrected chi connectivity index (χ4v) is 2.08. The van der Waals surface area contributed by atoms with Gasteiger partial charge in [-0.05, 0) is 18.2 Å². The SMILES string of the molecule is CS(=O)(=O)c1cccc(NCc2ncc[nH]2)c1. The van der Waals surface area contributed by atoms with Crippen molar-refractivity contribution >= 4 is 15.5 Å². The van der Waals surface area contributed by atoms with Gasteiger partial charge in [0, 0.05) is 24.3 Å². The van der Waals surface area contributed by atoms with Gasteiger partial charge in [-0.1, -0.05) is 6.07 Å². The highest BCUT2D eigenvalue weighted by atomic mass is 32.2. The van der Waals surface area contributed by atoms with Crippen molar-refractivity contribution in [3.63, 3.8) is 0 Å². The average Bonchev–Trinajstić information content (AvgIpc) is 2.78. The normalized spacial score (nSPS) is 11.4. The third-order valence-electron chi connectivity index (χ3n) is 2.28. The van der Waals surface area contributed by atoms with Crippen LogP contribution >= 0.6 is 0 Å². The molecule has 5 nitrogen and oxygen atoms in total. The van der Waals surface area contributed by atoms with Crippen molar-refractivity contribution in [2.75, 3.05) is 11.6 Å². The van der Waals surface area contributed by atoms with E-state index in [0.29, 0.717) is 11.4 Å². The Morgan fingerprint density at radius 3 is 2.88 bits per heavy atom. The maximum atomic E-state index is 11.4. The number of sulfone groups is 1. The summed E-state index contributed by atoms with van der Waals surface area (Å²) in [6.07, 6.45) is 4.60. The summed E-state index contributed by atoms with van der Waals surface area (Å²) in [6, 6.07) is 6.71. The summed E-state index contributed by atoms with van der Waals surface area (Å²) in [5, 5.41) is 3.10. The van der Waals surface area contributed by atoms with Gasteiger partial charge in [0.15, 0.2) is 9.84 Å². The van der Waals surface area contributed by atoms with Crippen LogP contribution in [0.5, 0.6) is 0 Å². The molecule has 0 radical (unpaired) electrons. The van der Waals surface area contributed by atoms with Crippen LogP contribution in [0, 0.1) is 0 Å². The third kappa shape index (κ3) is 3.07. The zero-order chi connectivity index (χ0) is 12.3. The molecule has 0 saturated carbocycles. The zero-order valence-electron chi connectivity index (χ0n) is 9.34. The maximum Gasteiger partial charge on any atom is 0.175 e. The van der Waals surface area contributed by atoms with Gasteiger partial charge in [-0.15, -0.1) is 0 Å². The second kappa shape index (κ2) is 4.58. The summed E-state index contributed by atoms with van der Waals surface area (Å²) >= 11 is 0. The van der Waals surface area contributed by atoms with Crippen LogP contribution in [0.1, 0.15) is 5.82 Å². The number of anilines is 1. The van der Waals surface area contributed by atoms with Gasteiger partial charge in [-0.25, -0.2) is 13.4 Å². The Morgan fingerprint density at radius 1 is 1.41 bits per heavy atom. The fraction of sp³-hybridized carbons (Fsp3) is 0.182. The summed E-state index contributed by atoms with van der Waals surface area (Å²) in [6.45, 7) is 0.528. The first kappa shape index (κ1) is 11.7. The van der Waals surface area contributed by atoms with E-state index in [9.17, 15) is 8.42 Å². The molecule has 0 atom stereocenters. The highest BCUT2D eigenvalue weighted by Gasteiger charge is 2.07. The Hall–Kier alpha value is -1.82. The lowest BCUT2D eigenvalue weighted by Gasteiger charge is -2.06. The average molecular weight is 251 g/mol. The molecule has 0 aliphatic rings. The van der Waals surface area contributed by atoms with Crippen molar-refractivity contribution < 1.29 is 8.42 Å². The van der Waals surface area contributed by atoms with E-state index in [4.69, 9.17) is 0 Å². The molecule has 0 aliphatic carbocycles. The summed E-state index contributed by atoms with van der Waals surface area (Å²) < 4.78 is 22.7. The molecule has 0 amide bonds. The van der Waals surface area contributed by atoms with Crippen LogP contribution in [-0.4, -0.2) is 24.6 Å². The highest BCUT2D eigenvalue weighted by molar-refractivity contribution is 7.90. The molecule has 0 fully saturated rings. The topological polar surface area (TPSA) is 74.8 Å². The highest BCUT2D eigenvalue weighted by Crippen LogP contribution is 2.15. The minimum atomic E-state index is -3.16. The summed E-state index contributed by atoms with van der Waals surface area (Å²) in [4.78, 5) is 7.33. The Bertz CT molecular complexity index is 591. The predicted octanol–water partition coefficient (Wildman–Crippen LogP) is 1.43. The van der Waals surface area contributed by atoms with Crippen molar-refractivity contribution in [2.45, 2.75) is 11.4 Å². The maximum absolute atomic E-state index is 11.4. The monoisotopic (exact) mass is 251 g/mol. The molecule has 1 heterocycles. The molecule has 0 aliphatic heterocycles. The molecule has 2 rings (SSSR count). The number of rotatable bonds is 4. The van der Waals surface area contributed by atoms with Gasteiger partial charge < -0.3 is 10.3 Å². The largest absolute Gasteiger partial charge is 0.378 e. The van der Waals surface area contributed by atoms with Crippen molar-refractivity contribution in [1.82, 2.24) is 9.97 Å². The molecule has 2 N–H and O–H groups in total. The molecule has 0 spiro atoms. The Balaban J connectivity index is 2.12. The number of aromatic nitrogens is 2. The molecule has 0 bridgehead atoms. The van der Waals surface area contributed by atoms with E-state index >= 15 is 0 Å². The number of nitrogens with one attached hydrogen (secondary N) is 2. The van der Waals surface area contributed by atoms with Crippen molar-refractivity contribution in [3.05, 3.63) is 42.5 Å². The molecule has 1 aromatic carbocycles. The predicted molar refractivity (Wildman–Crippen MR) is 65.5 cm³/mol. The van der Waals surface area contributed by atoms with Crippen LogP contribution in [0.4, 0.5) is 5.69 Å². The van der Waals surface area contributed by atoms with Crippen LogP contribution in [0.15, 0.2) is 41.6 Å². The third-order valence-corrected chi connectivity index (χ3v) is 3.39. The van der Waals surface area contributed by atoms with Gasteiger partial charge in [-0.3, -0.25) is 0 Å². The first-order valence-electron chi connectivity index (χ1n) is 5.08. The van der Waals surface area contributed by atoms with Gasteiger partial charge in [-0.2, -0.15) is 0 Å². The van der Waals surface area contributed by atoms with Crippen molar-refractivity contribution in [3.8, 4) is 0 Å². The lowest BCUT2D eigenvalue weighted by Crippen LogP contribution is -2.03. The lowest BCUT2D eigenvalue weighted by molar-refractivity contribution is 0.602. The first-order valence-corrected chi connectivity index (χ1v) is 6.97.